The number of carboxylic acids is 1. The molecule has 1 aliphatic carbocycles. The zero-order valence-corrected chi connectivity index (χ0v) is 11.0. The molecule has 0 aromatic rings. The Hall–Kier alpha value is -0.790. The van der Waals surface area contributed by atoms with Crippen LogP contribution in [0.15, 0.2) is 12.2 Å². The highest BCUT2D eigenvalue weighted by atomic mass is 16.4. The number of carbonyl (C=O) groups is 1. The molecule has 2 atom stereocenters. The van der Waals surface area contributed by atoms with Gasteiger partial charge in [0.05, 0.1) is 0 Å². The molecular formula is C15H26O2. The Morgan fingerprint density at radius 3 is 2.35 bits per heavy atom. The lowest BCUT2D eigenvalue weighted by atomic mass is 10.1. The van der Waals surface area contributed by atoms with Gasteiger partial charge >= 0.3 is 5.97 Å². The average molecular weight is 238 g/mol. The van der Waals surface area contributed by atoms with Crippen molar-refractivity contribution in [3.05, 3.63) is 12.2 Å². The Labute approximate surface area is 105 Å². The summed E-state index contributed by atoms with van der Waals surface area (Å²) in [6.45, 7) is 2.31. The van der Waals surface area contributed by atoms with Gasteiger partial charge in [-0.1, -0.05) is 44.8 Å². The number of allylic oxidation sites excluding steroid dienone is 2. The summed E-state index contributed by atoms with van der Waals surface area (Å²) >= 11 is 0. The minimum absolute atomic E-state index is 0.336. The van der Waals surface area contributed by atoms with Crippen molar-refractivity contribution in [3.63, 3.8) is 0 Å². The molecule has 1 aliphatic rings. The van der Waals surface area contributed by atoms with Gasteiger partial charge in [-0.2, -0.15) is 0 Å². The largest absolute Gasteiger partial charge is 0.481 e. The SMILES string of the molecule is CC1CC1/C=C/CCCCCCCCC(=O)O. The Morgan fingerprint density at radius 2 is 1.76 bits per heavy atom. The fourth-order valence-corrected chi connectivity index (χ4v) is 2.14. The Bertz CT molecular complexity index is 245. The summed E-state index contributed by atoms with van der Waals surface area (Å²) in [6.07, 6.45) is 14.6. The van der Waals surface area contributed by atoms with E-state index in [0.29, 0.717) is 6.42 Å². The molecule has 17 heavy (non-hydrogen) atoms. The first-order valence-corrected chi connectivity index (χ1v) is 7.08. The second kappa shape index (κ2) is 8.32. The summed E-state index contributed by atoms with van der Waals surface area (Å²) in [5.41, 5.74) is 0. The molecule has 0 bridgehead atoms. The van der Waals surface area contributed by atoms with Crippen molar-refractivity contribution >= 4 is 5.97 Å². The number of carboxylic acid groups (broad SMARTS) is 1. The summed E-state index contributed by atoms with van der Waals surface area (Å²) in [7, 11) is 0. The van der Waals surface area contributed by atoms with E-state index < -0.39 is 5.97 Å². The Kier molecular flexibility index (Phi) is 6.99. The van der Waals surface area contributed by atoms with Crippen molar-refractivity contribution in [2.75, 3.05) is 0 Å². The molecule has 1 saturated carbocycles. The van der Waals surface area contributed by atoms with Crippen LogP contribution in [-0.4, -0.2) is 11.1 Å². The summed E-state index contributed by atoms with van der Waals surface area (Å²) in [4.78, 5) is 10.3. The lowest BCUT2D eigenvalue weighted by Crippen LogP contribution is -1.93. The molecule has 0 saturated heterocycles. The molecule has 0 aromatic heterocycles. The highest BCUT2D eigenvalue weighted by Crippen LogP contribution is 2.38. The van der Waals surface area contributed by atoms with Gasteiger partial charge in [0.2, 0.25) is 0 Å². The van der Waals surface area contributed by atoms with Gasteiger partial charge in [-0.25, -0.2) is 0 Å². The zero-order chi connectivity index (χ0) is 12.5. The first-order valence-electron chi connectivity index (χ1n) is 7.08. The Morgan fingerprint density at radius 1 is 1.18 bits per heavy atom. The molecule has 0 aliphatic heterocycles. The normalized spacial score (nSPS) is 23.1. The average Bonchev–Trinajstić information content (AvgIpc) is 2.97. The number of hydrogen-bond donors (Lipinski definition) is 1. The standard InChI is InChI=1S/C15H26O2/c1-13-12-14(13)10-8-6-4-2-3-5-7-9-11-15(16)17/h8,10,13-14H,2-7,9,11-12H2,1H3,(H,16,17)/b10-8+. The third-order valence-corrected chi connectivity index (χ3v) is 3.57. The van der Waals surface area contributed by atoms with Gasteiger partial charge < -0.3 is 5.11 Å². The zero-order valence-electron chi connectivity index (χ0n) is 11.0. The van der Waals surface area contributed by atoms with Gasteiger partial charge in [-0.15, -0.1) is 0 Å². The highest BCUT2D eigenvalue weighted by Gasteiger charge is 2.29. The maximum absolute atomic E-state index is 10.3. The van der Waals surface area contributed by atoms with E-state index in [1.165, 1.54) is 38.5 Å². The maximum Gasteiger partial charge on any atom is 0.303 e. The summed E-state index contributed by atoms with van der Waals surface area (Å²) < 4.78 is 0. The number of rotatable bonds is 10. The molecule has 1 fully saturated rings. The molecule has 2 heteroatoms. The number of hydrogen-bond acceptors (Lipinski definition) is 1. The summed E-state index contributed by atoms with van der Waals surface area (Å²) in [5, 5.41) is 8.47. The van der Waals surface area contributed by atoms with E-state index in [-0.39, 0.29) is 0 Å². The van der Waals surface area contributed by atoms with Crippen molar-refractivity contribution in [1.29, 1.82) is 0 Å². The van der Waals surface area contributed by atoms with Crippen LogP contribution in [0, 0.1) is 11.8 Å². The van der Waals surface area contributed by atoms with E-state index in [4.69, 9.17) is 5.11 Å². The van der Waals surface area contributed by atoms with Crippen LogP contribution in [0.3, 0.4) is 0 Å². The van der Waals surface area contributed by atoms with Crippen molar-refractivity contribution in [3.8, 4) is 0 Å². The predicted octanol–water partition coefficient (Wildman–Crippen LogP) is 4.40. The van der Waals surface area contributed by atoms with E-state index >= 15 is 0 Å². The molecule has 0 heterocycles. The van der Waals surface area contributed by atoms with Gasteiger partial charge in [0.1, 0.15) is 0 Å². The first-order chi connectivity index (χ1) is 8.20. The van der Waals surface area contributed by atoms with Crippen LogP contribution in [0.1, 0.15) is 64.7 Å². The lowest BCUT2D eigenvalue weighted by molar-refractivity contribution is -0.137. The molecular weight excluding hydrogens is 212 g/mol. The number of unbranched alkanes of at least 4 members (excludes halogenated alkanes) is 6. The van der Waals surface area contributed by atoms with Crippen LogP contribution in [0.2, 0.25) is 0 Å². The Balaban J connectivity index is 1.75. The smallest absolute Gasteiger partial charge is 0.303 e. The second-order valence-corrected chi connectivity index (χ2v) is 5.36. The molecule has 1 N–H and O–H groups in total. The quantitative estimate of drug-likeness (QED) is 0.452. The molecule has 0 aromatic carbocycles. The first kappa shape index (κ1) is 14.3. The van der Waals surface area contributed by atoms with Crippen molar-refractivity contribution in [1.82, 2.24) is 0 Å². The van der Waals surface area contributed by atoms with Gasteiger partial charge in [0, 0.05) is 6.42 Å². The topological polar surface area (TPSA) is 37.3 Å². The third kappa shape index (κ3) is 8.00. The minimum Gasteiger partial charge on any atom is -0.481 e. The fourth-order valence-electron chi connectivity index (χ4n) is 2.14. The molecule has 2 unspecified atom stereocenters. The molecule has 0 radical (unpaired) electrons. The van der Waals surface area contributed by atoms with E-state index in [2.05, 4.69) is 19.1 Å². The van der Waals surface area contributed by atoms with Crippen molar-refractivity contribution < 1.29 is 9.90 Å². The van der Waals surface area contributed by atoms with Crippen LogP contribution < -0.4 is 0 Å². The van der Waals surface area contributed by atoms with Gasteiger partial charge in [0.25, 0.3) is 0 Å². The van der Waals surface area contributed by atoms with Gasteiger partial charge in [-0.3, -0.25) is 4.79 Å². The van der Waals surface area contributed by atoms with Crippen molar-refractivity contribution in [2.45, 2.75) is 64.7 Å². The van der Waals surface area contributed by atoms with Crippen LogP contribution in [0.5, 0.6) is 0 Å². The van der Waals surface area contributed by atoms with Crippen LogP contribution >= 0.6 is 0 Å². The predicted molar refractivity (Wildman–Crippen MR) is 71.0 cm³/mol. The number of aliphatic carboxylic acids is 1. The van der Waals surface area contributed by atoms with Crippen LogP contribution in [0.4, 0.5) is 0 Å². The second-order valence-electron chi connectivity index (χ2n) is 5.36. The molecule has 0 amide bonds. The lowest BCUT2D eigenvalue weighted by Gasteiger charge is -1.99. The van der Waals surface area contributed by atoms with Crippen molar-refractivity contribution in [2.24, 2.45) is 11.8 Å². The molecule has 0 spiro atoms. The maximum atomic E-state index is 10.3. The van der Waals surface area contributed by atoms with E-state index in [1.807, 2.05) is 0 Å². The highest BCUT2D eigenvalue weighted by molar-refractivity contribution is 5.66. The third-order valence-electron chi connectivity index (χ3n) is 3.57. The van der Waals surface area contributed by atoms with Gasteiger partial charge in [-0.05, 0) is 37.5 Å². The van der Waals surface area contributed by atoms with Gasteiger partial charge in [0.15, 0.2) is 0 Å². The van der Waals surface area contributed by atoms with Crippen LogP contribution in [-0.2, 0) is 4.79 Å². The minimum atomic E-state index is -0.663. The molecule has 1 rings (SSSR count). The van der Waals surface area contributed by atoms with E-state index in [9.17, 15) is 4.79 Å². The summed E-state index contributed by atoms with van der Waals surface area (Å²) in [6, 6.07) is 0. The monoisotopic (exact) mass is 238 g/mol. The van der Waals surface area contributed by atoms with E-state index in [0.717, 1.165) is 24.7 Å². The van der Waals surface area contributed by atoms with E-state index in [1.54, 1.807) is 0 Å². The fraction of sp³-hybridized carbons (Fsp3) is 0.800. The molecule has 98 valence electrons. The summed E-state index contributed by atoms with van der Waals surface area (Å²) in [5.74, 6) is 1.15. The molecule has 2 nitrogen and oxygen atoms in total. The van der Waals surface area contributed by atoms with Crippen LogP contribution in [0.25, 0.3) is 0 Å².